The third-order valence-corrected chi connectivity index (χ3v) is 3.28. The van der Waals surface area contributed by atoms with Gasteiger partial charge in [-0.2, -0.15) is 0 Å². The molecule has 1 saturated carbocycles. The van der Waals surface area contributed by atoms with Gasteiger partial charge in [-0.1, -0.05) is 12.8 Å². The van der Waals surface area contributed by atoms with Crippen LogP contribution in [-0.4, -0.2) is 36.2 Å². The Bertz CT molecular complexity index is 137. The highest BCUT2D eigenvalue weighted by atomic mass is 16.3. The van der Waals surface area contributed by atoms with Gasteiger partial charge in [-0.05, 0) is 18.8 Å². The van der Waals surface area contributed by atoms with E-state index in [2.05, 4.69) is 4.90 Å². The third kappa shape index (κ3) is 1.80. The van der Waals surface area contributed by atoms with E-state index in [1.165, 1.54) is 32.2 Å². The number of likely N-dealkylation sites (tertiary alicyclic amines) is 1. The van der Waals surface area contributed by atoms with Gasteiger partial charge in [0.15, 0.2) is 0 Å². The summed E-state index contributed by atoms with van der Waals surface area (Å²) in [7, 11) is 0. The molecule has 0 bridgehead atoms. The van der Waals surface area contributed by atoms with Crippen molar-refractivity contribution in [2.24, 2.45) is 11.8 Å². The average molecular weight is 169 g/mol. The van der Waals surface area contributed by atoms with E-state index in [9.17, 15) is 0 Å². The van der Waals surface area contributed by atoms with Crippen molar-refractivity contribution in [3.63, 3.8) is 0 Å². The van der Waals surface area contributed by atoms with Gasteiger partial charge in [0.1, 0.15) is 0 Å². The van der Waals surface area contributed by atoms with Crippen molar-refractivity contribution in [1.29, 1.82) is 0 Å². The van der Waals surface area contributed by atoms with Crippen LogP contribution in [0.3, 0.4) is 0 Å². The molecule has 0 radical (unpaired) electrons. The van der Waals surface area contributed by atoms with E-state index in [4.69, 9.17) is 5.11 Å². The summed E-state index contributed by atoms with van der Waals surface area (Å²) >= 11 is 0. The van der Waals surface area contributed by atoms with Crippen LogP contribution >= 0.6 is 0 Å². The van der Waals surface area contributed by atoms with Gasteiger partial charge in [0, 0.05) is 32.2 Å². The SMILES string of the molecule is OCC1CN(CC2CCCC2)C1. The van der Waals surface area contributed by atoms with Crippen LogP contribution in [0.5, 0.6) is 0 Å². The van der Waals surface area contributed by atoms with Crippen LogP contribution in [0.1, 0.15) is 25.7 Å². The van der Waals surface area contributed by atoms with E-state index in [1.807, 2.05) is 0 Å². The highest BCUT2D eigenvalue weighted by Crippen LogP contribution is 2.27. The summed E-state index contributed by atoms with van der Waals surface area (Å²) < 4.78 is 0. The van der Waals surface area contributed by atoms with E-state index >= 15 is 0 Å². The smallest absolute Gasteiger partial charge is 0.0483 e. The molecule has 2 rings (SSSR count). The molecule has 1 saturated heterocycles. The van der Waals surface area contributed by atoms with Gasteiger partial charge >= 0.3 is 0 Å². The fraction of sp³-hybridized carbons (Fsp3) is 1.00. The molecule has 1 aliphatic carbocycles. The van der Waals surface area contributed by atoms with Crippen LogP contribution in [0.4, 0.5) is 0 Å². The molecule has 0 aromatic carbocycles. The number of aliphatic hydroxyl groups is 1. The summed E-state index contributed by atoms with van der Waals surface area (Å²) in [5, 5.41) is 8.84. The Kier molecular flexibility index (Phi) is 2.66. The first-order valence-corrected chi connectivity index (χ1v) is 5.21. The molecule has 1 aliphatic heterocycles. The second-order valence-electron chi connectivity index (χ2n) is 4.42. The molecular weight excluding hydrogens is 150 g/mol. The molecule has 1 N–H and O–H groups in total. The van der Waals surface area contributed by atoms with Crippen LogP contribution in [0, 0.1) is 11.8 Å². The topological polar surface area (TPSA) is 23.5 Å². The quantitative estimate of drug-likeness (QED) is 0.684. The molecule has 0 unspecified atom stereocenters. The normalized spacial score (nSPS) is 27.8. The molecule has 0 spiro atoms. The van der Waals surface area contributed by atoms with Gasteiger partial charge in [0.25, 0.3) is 0 Å². The molecule has 0 aromatic rings. The molecule has 12 heavy (non-hydrogen) atoms. The lowest BCUT2D eigenvalue weighted by Crippen LogP contribution is -2.49. The van der Waals surface area contributed by atoms with Crippen molar-refractivity contribution in [3.8, 4) is 0 Å². The zero-order chi connectivity index (χ0) is 8.39. The number of aliphatic hydroxyl groups excluding tert-OH is 1. The summed E-state index contributed by atoms with van der Waals surface area (Å²) in [6, 6.07) is 0. The predicted octanol–water partition coefficient (Wildman–Crippen LogP) is 1.10. The Morgan fingerprint density at radius 1 is 1.08 bits per heavy atom. The maximum Gasteiger partial charge on any atom is 0.0483 e. The Morgan fingerprint density at radius 3 is 2.33 bits per heavy atom. The minimum absolute atomic E-state index is 0.390. The summed E-state index contributed by atoms with van der Waals surface area (Å²) in [5.41, 5.74) is 0. The fourth-order valence-corrected chi connectivity index (χ4v) is 2.50. The van der Waals surface area contributed by atoms with Crippen molar-refractivity contribution in [2.45, 2.75) is 25.7 Å². The third-order valence-electron chi connectivity index (χ3n) is 3.28. The average Bonchev–Trinajstić information content (AvgIpc) is 2.47. The lowest BCUT2D eigenvalue weighted by Gasteiger charge is -2.39. The zero-order valence-corrected chi connectivity index (χ0v) is 7.71. The second kappa shape index (κ2) is 3.75. The van der Waals surface area contributed by atoms with E-state index in [1.54, 1.807) is 0 Å². The summed E-state index contributed by atoms with van der Waals surface area (Å²) in [4.78, 5) is 2.50. The van der Waals surface area contributed by atoms with Crippen LogP contribution in [-0.2, 0) is 0 Å². The highest BCUT2D eigenvalue weighted by molar-refractivity contribution is 4.82. The molecule has 2 fully saturated rings. The molecule has 2 nitrogen and oxygen atoms in total. The largest absolute Gasteiger partial charge is 0.396 e. The van der Waals surface area contributed by atoms with Gasteiger partial charge in [-0.15, -0.1) is 0 Å². The zero-order valence-electron chi connectivity index (χ0n) is 7.71. The van der Waals surface area contributed by atoms with Crippen molar-refractivity contribution in [2.75, 3.05) is 26.2 Å². The first kappa shape index (κ1) is 8.52. The number of hydrogen-bond donors (Lipinski definition) is 1. The molecule has 2 aliphatic rings. The monoisotopic (exact) mass is 169 g/mol. The van der Waals surface area contributed by atoms with Gasteiger partial charge in [0.2, 0.25) is 0 Å². The van der Waals surface area contributed by atoms with Crippen LogP contribution in [0.25, 0.3) is 0 Å². The second-order valence-corrected chi connectivity index (χ2v) is 4.42. The van der Waals surface area contributed by atoms with Gasteiger partial charge in [-0.3, -0.25) is 0 Å². The summed E-state index contributed by atoms with van der Waals surface area (Å²) in [6.45, 7) is 3.98. The van der Waals surface area contributed by atoms with Gasteiger partial charge < -0.3 is 10.0 Å². The maximum atomic E-state index is 8.84. The van der Waals surface area contributed by atoms with Crippen LogP contribution in [0.15, 0.2) is 0 Å². The number of rotatable bonds is 3. The van der Waals surface area contributed by atoms with E-state index in [0.717, 1.165) is 19.0 Å². The number of nitrogens with zero attached hydrogens (tertiary/aromatic N) is 1. The van der Waals surface area contributed by atoms with Crippen LogP contribution in [0.2, 0.25) is 0 Å². The molecule has 1 heterocycles. The Balaban J connectivity index is 1.62. The Labute approximate surface area is 74.6 Å². The Hall–Kier alpha value is -0.0800. The minimum atomic E-state index is 0.390. The molecule has 0 atom stereocenters. The standard InChI is InChI=1S/C10H19NO/c12-8-10-6-11(7-10)5-9-3-1-2-4-9/h9-10,12H,1-8H2. The first-order chi connectivity index (χ1) is 5.88. The predicted molar refractivity (Wildman–Crippen MR) is 49.0 cm³/mol. The Morgan fingerprint density at radius 2 is 1.75 bits per heavy atom. The lowest BCUT2D eigenvalue weighted by atomic mass is 9.98. The molecule has 0 aromatic heterocycles. The molecule has 0 amide bonds. The van der Waals surface area contributed by atoms with E-state index in [0.29, 0.717) is 12.5 Å². The molecular formula is C10H19NO. The number of hydrogen-bond acceptors (Lipinski definition) is 2. The minimum Gasteiger partial charge on any atom is -0.396 e. The van der Waals surface area contributed by atoms with Crippen molar-refractivity contribution >= 4 is 0 Å². The summed E-state index contributed by atoms with van der Waals surface area (Å²) in [5.74, 6) is 1.57. The van der Waals surface area contributed by atoms with Crippen LogP contribution < -0.4 is 0 Å². The molecule has 2 heteroatoms. The summed E-state index contributed by atoms with van der Waals surface area (Å²) in [6.07, 6.45) is 5.78. The van der Waals surface area contributed by atoms with Crippen molar-refractivity contribution < 1.29 is 5.11 Å². The highest BCUT2D eigenvalue weighted by Gasteiger charge is 2.28. The lowest BCUT2D eigenvalue weighted by molar-refractivity contribution is 0.0423. The first-order valence-electron chi connectivity index (χ1n) is 5.21. The van der Waals surface area contributed by atoms with E-state index in [-0.39, 0.29) is 0 Å². The van der Waals surface area contributed by atoms with Crippen molar-refractivity contribution in [1.82, 2.24) is 4.90 Å². The van der Waals surface area contributed by atoms with Crippen molar-refractivity contribution in [3.05, 3.63) is 0 Å². The molecule has 70 valence electrons. The maximum absolute atomic E-state index is 8.84. The van der Waals surface area contributed by atoms with Gasteiger partial charge in [0.05, 0.1) is 0 Å². The van der Waals surface area contributed by atoms with E-state index < -0.39 is 0 Å². The van der Waals surface area contributed by atoms with Gasteiger partial charge in [-0.25, -0.2) is 0 Å². The fourth-order valence-electron chi connectivity index (χ4n) is 2.50.